The van der Waals surface area contributed by atoms with Gasteiger partial charge in [-0.1, -0.05) is 24.3 Å². The standard InChI is InChI=1S/C18H20FNO/c1-12-7-15(8-13(2)18(12)19)11-20-10-14-3-4-17-16(9-14)5-6-21-17/h3-4,7-9,20H,5-6,10-11H2,1-2H3. The van der Waals surface area contributed by atoms with Gasteiger partial charge in [0.25, 0.3) is 0 Å². The van der Waals surface area contributed by atoms with E-state index < -0.39 is 0 Å². The van der Waals surface area contributed by atoms with Crippen molar-refractivity contribution in [2.45, 2.75) is 33.4 Å². The van der Waals surface area contributed by atoms with Gasteiger partial charge in [0.1, 0.15) is 11.6 Å². The Kier molecular flexibility index (Phi) is 3.93. The molecule has 2 aromatic rings. The molecule has 0 saturated carbocycles. The van der Waals surface area contributed by atoms with Crippen molar-refractivity contribution in [3.8, 4) is 5.75 Å². The predicted molar refractivity (Wildman–Crippen MR) is 82.1 cm³/mol. The molecule has 3 rings (SSSR count). The molecule has 21 heavy (non-hydrogen) atoms. The van der Waals surface area contributed by atoms with Crippen LogP contribution in [0, 0.1) is 19.7 Å². The smallest absolute Gasteiger partial charge is 0.129 e. The Labute approximate surface area is 125 Å². The van der Waals surface area contributed by atoms with E-state index in [1.807, 2.05) is 32.0 Å². The van der Waals surface area contributed by atoms with E-state index in [1.54, 1.807) is 0 Å². The fraction of sp³-hybridized carbons (Fsp3) is 0.333. The van der Waals surface area contributed by atoms with Crippen molar-refractivity contribution in [1.29, 1.82) is 0 Å². The molecule has 0 saturated heterocycles. The summed E-state index contributed by atoms with van der Waals surface area (Å²) in [5.41, 5.74) is 5.09. The summed E-state index contributed by atoms with van der Waals surface area (Å²) in [4.78, 5) is 0. The maximum atomic E-state index is 13.6. The number of halogens is 1. The lowest BCUT2D eigenvalue weighted by molar-refractivity contribution is 0.357. The Morgan fingerprint density at radius 3 is 2.52 bits per heavy atom. The van der Waals surface area contributed by atoms with Crippen molar-refractivity contribution in [2.24, 2.45) is 0 Å². The molecule has 0 aromatic heterocycles. The van der Waals surface area contributed by atoms with Crippen LogP contribution >= 0.6 is 0 Å². The zero-order chi connectivity index (χ0) is 14.8. The molecule has 1 heterocycles. The van der Waals surface area contributed by atoms with E-state index >= 15 is 0 Å². The third-order valence-electron chi connectivity index (χ3n) is 3.91. The van der Waals surface area contributed by atoms with Crippen LogP contribution < -0.4 is 10.1 Å². The zero-order valence-corrected chi connectivity index (χ0v) is 12.5. The fourth-order valence-electron chi connectivity index (χ4n) is 2.84. The molecule has 0 bridgehead atoms. The third-order valence-corrected chi connectivity index (χ3v) is 3.91. The molecule has 0 amide bonds. The molecule has 2 aromatic carbocycles. The SMILES string of the molecule is Cc1cc(CNCc2ccc3c(c2)CCO3)cc(C)c1F. The number of nitrogens with one attached hydrogen (secondary N) is 1. The number of fused-ring (bicyclic) bond motifs is 1. The molecule has 0 atom stereocenters. The third kappa shape index (κ3) is 3.08. The van der Waals surface area contributed by atoms with Gasteiger partial charge in [-0.15, -0.1) is 0 Å². The number of rotatable bonds is 4. The minimum Gasteiger partial charge on any atom is -0.493 e. The molecule has 110 valence electrons. The van der Waals surface area contributed by atoms with E-state index in [1.165, 1.54) is 11.1 Å². The Balaban J connectivity index is 1.61. The van der Waals surface area contributed by atoms with E-state index in [0.717, 1.165) is 37.4 Å². The van der Waals surface area contributed by atoms with Crippen LogP contribution in [-0.4, -0.2) is 6.61 Å². The molecule has 3 heteroatoms. The highest BCUT2D eigenvalue weighted by Crippen LogP contribution is 2.25. The van der Waals surface area contributed by atoms with Gasteiger partial charge in [0, 0.05) is 19.5 Å². The van der Waals surface area contributed by atoms with Crippen LogP contribution in [0.2, 0.25) is 0 Å². The highest BCUT2D eigenvalue weighted by molar-refractivity contribution is 5.39. The topological polar surface area (TPSA) is 21.3 Å². The Morgan fingerprint density at radius 2 is 1.76 bits per heavy atom. The van der Waals surface area contributed by atoms with Gasteiger partial charge in [0.15, 0.2) is 0 Å². The second kappa shape index (κ2) is 5.86. The largest absolute Gasteiger partial charge is 0.493 e. The molecule has 0 spiro atoms. The first kappa shape index (κ1) is 14.1. The summed E-state index contributed by atoms with van der Waals surface area (Å²) in [6.07, 6.45) is 1.000. The molecule has 0 fully saturated rings. The lowest BCUT2D eigenvalue weighted by atomic mass is 10.1. The summed E-state index contributed by atoms with van der Waals surface area (Å²) >= 11 is 0. The molecule has 0 unspecified atom stereocenters. The minimum absolute atomic E-state index is 0.0997. The van der Waals surface area contributed by atoms with Crippen molar-refractivity contribution in [3.63, 3.8) is 0 Å². The molecular weight excluding hydrogens is 265 g/mol. The van der Waals surface area contributed by atoms with Crippen LogP contribution in [-0.2, 0) is 19.5 Å². The van der Waals surface area contributed by atoms with E-state index in [2.05, 4.69) is 17.4 Å². The minimum atomic E-state index is -0.0997. The highest BCUT2D eigenvalue weighted by atomic mass is 19.1. The van der Waals surface area contributed by atoms with E-state index in [4.69, 9.17) is 4.74 Å². The lowest BCUT2D eigenvalue weighted by Gasteiger charge is -2.09. The van der Waals surface area contributed by atoms with Gasteiger partial charge in [-0.3, -0.25) is 0 Å². The maximum Gasteiger partial charge on any atom is 0.129 e. The monoisotopic (exact) mass is 285 g/mol. The molecule has 1 aliphatic rings. The summed E-state index contributed by atoms with van der Waals surface area (Å²) in [6.45, 7) is 5.97. The summed E-state index contributed by atoms with van der Waals surface area (Å²) in [6, 6.07) is 10.2. The second-order valence-corrected chi connectivity index (χ2v) is 5.69. The maximum absolute atomic E-state index is 13.6. The number of ether oxygens (including phenoxy) is 1. The average molecular weight is 285 g/mol. The van der Waals surface area contributed by atoms with Gasteiger partial charge in [0.2, 0.25) is 0 Å². The zero-order valence-electron chi connectivity index (χ0n) is 12.5. The van der Waals surface area contributed by atoms with Gasteiger partial charge < -0.3 is 10.1 Å². The fourth-order valence-corrected chi connectivity index (χ4v) is 2.84. The van der Waals surface area contributed by atoms with Gasteiger partial charge in [0.05, 0.1) is 6.61 Å². The normalized spacial score (nSPS) is 13.1. The van der Waals surface area contributed by atoms with Crippen molar-refractivity contribution < 1.29 is 9.13 Å². The Bertz CT molecular complexity index is 643. The van der Waals surface area contributed by atoms with Crippen molar-refractivity contribution in [2.75, 3.05) is 6.61 Å². The van der Waals surface area contributed by atoms with E-state index in [0.29, 0.717) is 11.1 Å². The highest BCUT2D eigenvalue weighted by Gasteiger charge is 2.11. The van der Waals surface area contributed by atoms with Crippen LogP contribution in [0.4, 0.5) is 4.39 Å². The summed E-state index contributed by atoms with van der Waals surface area (Å²) in [5.74, 6) is 0.918. The Hall–Kier alpha value is -1.87. The van der Waals surface area contributed by atoms with Crippen molar-refractivity contribution in [1.82, 2.24) is 5.32 Å². The van der Waals surface area contributed by atoms with Crippen molar-refractivity contribution >= 4 is 0 Å². The first-order valence-corrected chi connectivity index (χ1v) is 7.34. The van der Waals surface area contributed by atoms with Crippen LogP contribution in [0.1, 0.15) is 27.8 Å². The summed E-state index contributed by atoms with van der Waals surface area (Å²) in [7, 11) is 0. The number of benzene rings is 2. The van der Waals surface area contributed by atoms with Crippen LogP contribution in [0.3, 0.4) is 0 Å². The van der Waals surface area contributed by atoms with Crippen LogP contribution in [0.5, 0.6) is 5.75 Å². The second-order valence-electron chi connectivity index (χ2n) is 5.69. The van der Waals surface area contributed by atoms with Gasteiger partial charge in [-0.2, -0.15) is 0 Å². The van der Waals surface area contributed by atoms with Gasteiger partial charge >= 0.3 is 0 Å². The first-order valence-electron chi connectivity index (χ1n) is 7.34. The van der Waals surface area contributed by atoms with Crippen LogP contribution in [0.15, 0.2) is 30.3 Å². The predicted octanol–water partition coefficient (Wildman–Crippen LogP) is 3.67. The summed E-state index contributed by atoms with van der Waals surface area (Å²) in [5, 5.41) is 3.42. The molecule has 2 nitrogen and oxygen atoms in total. The van der Waals surface area contributed by atoms with Gasteiger partial charge in [-0.25, -0.2) is 4.39 Å². The molecule has 0 radical (unpaired) electrons. The number of hydrogen-bond acceptors (Lipinski definition) is 2. The van der Waals surface area contributed by atoms with E-state index in [-0.39, 0.29) is 5.82 Å². The Morgan fingerprint density at radius 1 is 1.05 bits per heavy atom. The molecule has 1 aliphatic heterocycles. The molecular formula is C18H20FNO. The number of aryl methyl sites for hydroxylation is 2. The quantitative estimate of drug-likeness (QED) is 0.925. The van der Waals surface area contributed by atoms with Crippen LogP contribution in [0.25, 0.3) is 0 Å². The molecule has 1 N–H and O–H groups in total. The molecule has 0 aliphatic carbocycles. The van der Waals surface area contributed by atoms with Crippen molar-refractivity contribution in [3.05, 3.63) is 64.0 Å². The van der Waals surface area contributed by atoms with E-state index in [9.17, 15) is 4.39 Å². The summed E-state index contributed by atoms with van der Waals surface area (Å²) < 4.78 is 19.1. The first-order chi connectivity index (χ1) is 10.1. The average Bonchev–Trinajstić information content (AvgIpc) is 2.92. The van der Waals surface area contributed by atoms with Gasteiger partial charge in [-0.05, 0) is 47.7 Å². The number of hydrogen-bond donors (Lipinski definition) is 1. The lowest BCUT2D eigenvalue weighted by Crippen LogP contribution is -2.13.